The number of amides is 1. The highest BCUT2D eigenvalue weighted by molar-refractivity contribution is 5.96. The van der Waals surface area contributed by atoms with E-state index in [1.54, 1.807) is 0 Å². The normalized spacial score (nSPS) is 17.6. The second kappa shape index (κ2) is 11.1. The molecular formula is C29H38N2O2. The summed E-state index contributed by atoms with van der Waals surface area (Å²) in [5.74, 6) is 1.15. The molecule has 1 fully saturated rings. The third-order valence-electron chi connectivity index (χ3n) is 7.37. The number of nitrogens with zero attached hydrogens (tertiary/aromatic N) is 2. The molecule has 0 spiro atoms. The first-order chi connectivity index (χ1) is 16.0. The van der Waals surface area contributed by atoms with E-state index >= 15 is 0 Å². The summed E-state index contributed by atoms with van der Waals surface area (Å²) in [6.07, 6.45) is 5.64. The molecule has 2 aromatic rings. The predicted octanol–water partition coefficient (Wildman–Crippen LogP) is 5.14. The minimum Gasteiger partial charge on any atom is -0.342 e. The van der Waals surface area contributed by atoms with Crippen LogP contribution in [0.3, 0.4) is 0 Å². The van der Waals surface area contributed by atoms with Gasteiger partial charge in [-0.25, -0.2) is 0 Å². The highest BCUT2D eigenvalue weighted by atomic mass is 16.2. The Labute approximate surface area is 199 Å². The van der Waals surface area contributed by atoms with Crippen LogP contribution in [-0.4, -0.2) is 47.7 Å². The van der Waals surface area contributed by atoms with Gasteiger partial charge in [-0.1, -0.05) is 56.3 Å². The van der Waals surface area contributed by atoms with Gasteiger partial charge in [-0.2, -0.15) is 0 Å². The molecule has 1 amide bonds. The zero-order chi connectivity index (χ0) is 23.2. The Kier molecular flexibility index (Phi) is 7.97. The lowest BCUT2D eigenvalue weighted by molar-refractivity contribution is -0.135. The zero-order valence-corrected chi connectivity index (χ0v) is 20.3. The molecule has 1 saturated heterocycles. The van der Waals surface area contributed by atoms with Gasteiger partial charge in [0, 0.05) is 50.6 Å². The average molecular weight is 447 g/mol. The first-order valence-corrected chi connectivity index (χ1v) is 12.7. The quantitative estimate of drug-likeness (QED) is 0.553. The summed E-state index contributed by atoms with van der Waals surface area (Å²) in [6.45, 7) is 8.70. The molecule has 0 atom stereocenters. The smallest absolute Gasteiger partial charge is 0.225 e. The number of carbonyl (C=O) groups excluding carboxylic acids is 2. The second-order valence-corrected chi connectivity index (χ2v) is 10.1. The maximum Gasteiger partial charge on any atom is 0.225 e. The molecule has 4 nitrogen and oxygen atoms in total. The van der Waals surface area contributed by atoms with E-state index in [9.17, 15) is 9.59 Å². The Morgan fingerprint density at radius 1 is 0.909 bits per heavy atom. The van der Waals surface area contributed by atoms with Crippen LogP contribution in [0.1, 0.15) is 66.6 Å². The van der Waals surface area contributed by atoms with Crippen LogP contribution in [0, 0.1) is 11.8 Å². The Balaban J connectivity index is 1.27. The van der Waals surface area contributed by atoms with Crippen molar-refractivity contribution in [1.29, 1.82) is 0 Å². The van der Waals surface area contributed by atoms with Crippen molar-refractivity contribution in [2.75, 3.05) is 26.2 Å². The number of ketones is 1. The summed E-state index contributed by atoms with van der Waals surface area (Å²) < 4.78 is 0. The number of Topliss-reactive ketones (excluding diaryl/α,β-unsaturated/α-hetero) is 1. The van der Waals surface area contributed by atoms with Gasteiger partial charge in [0.05, 0.1) is 0 Å². The SMILES string of the molecule is CC(C)C(=O)N1CCC(CCC(=O)c2ccc3c(c2)CCN(Cc2ccccc2)CC3)CC1. The van der Waals surface area contributed by atoms with Gasteiger partial charge in [-0.15, -0.1) is 0 Å². The molecule has 176 valence electrons. The lowest BCUT2D eigenvalue weighted by Gasteiger charge is -2.33. The summed E-state index contributed by atoms with van der Waals surface area (Å²) in [5.41, 5.74) is 4.97. The minimum atomic E-state index is 0.0711. The maximum atomic E-state index is 13.0. The number of benzene rings is 2. The molecule has 2 aliphatic heterocycles. The molecule has 2 aromatic carbocycles. The molecule has 2 aliphatic rings. The fourth-order valence-electron chi connectivity index (χ4n) is 5.23. The van der Waals surface area contributed by atoms with Crippen molar-refractivity contribution >= 4 is 11.7 Å². The van der Waals surface area contributed by atoms with Gasteiger partial charge in [0.15, 0.2) is 5.78 Å². The Hall–Kier alpha value is -2.46. The number of hydrogen-bond donors (Lipinski definition) is 0. The van der Waals surface area contributed by atoms with E-state index in [0.29, 0.717) is 12.3 Å². The van der Waals surface area contributed by atoms with Crippen molar-refractivity contribution < 1.29 is 9.59 Å². The number of piperidine rings is 1. The molecule has 4 heteroatoms. The molecular weight excluding hydrogens is 408 g/mol. The number of hydrogen-bond acceptors (Lipinski definition) is 3. The molecule has 0 aromatic heterocycles. The van der Waals surface area contributed by atoms with Gasteiger partial charge in [0.1, 0.15) is 0 Å². The van der Waals surface area contributed by atoms with E-state index in [1.807, 2.05) is 24.8 Å². The van der Waals surface area contributed by atoms with Crippen LogP contribution >= 0.6 is 0 Å². The Bertz CT molecular complexity index is 945. The van der Waals surface area contributed by atoms with E-state index in [2.05, 4.69) is 47.4 Å². The van der Waals surface area contributed by atoms with Gasteiger partial charge in [-0.3, -0.25) is 14.5 Å². The summed E-state index contributed by atoms with van der Waals surface area (Å²) in [6, 6.07) is 17.1. The van der Waals surface area contributed by atoms with E-state index < -0.39 is 0 Å². The zero-order valence-electron chi connectivity index (χ0n) is 20.3. The Morgan fingerprint density at radius 2 is 1.61 bits per heavy atom. The van der Waals surface area contributed by atoms with Crippen molar-refractivity contribution in [2.45, 2.75) is 58.9 Å². The van der Waals surface area contributed by atoms with E-state index in [4.69, 9.17) is 0 Å². The molecule has 0 bridgehead atoms. The van der Waals surface area contributed by atoms with E-state index in [0.717, 1.165) is 70.4 Å². The largest absolute Gasteiger partial charge is 0.342 e. The fraction of sp³-hybridized carbons (Fsp3) is 0.517. The predicted molar refractivity (Wildman–Crippen MR) is 133 cm³/mol. The lowest BCUT2D eigenvalue weighted by Crippen LogP contribution is -2.40. The molecule has 0 unspecified atom stereocenters. The molecule has 0 aliphatic carbocycles. The van der Waals surface area contributed by atoms with Crippen LogP contribution in [0.25, 0.3) is 0 Å². The average Bonchev–Trinajstić information content (AvgIpc) is 3.04. The van der Waals surface area contributed by atoms with Gasteiger partial charge < -0.3 is 4.90 Å². The van der Waals surface area contributed by atoms with Crippen molar-refractivity contribution in [3.05, 3.63) is 70.8 Å². The van der Waals surface area contributed by atoms with Crippen molar-refractivity contribution in [3.8, 4) is 0 Å². The van der Waals surface area contributed by atoms with Crippen LogP contribution in [0.2, 0.25) is 0 Å². The molecule has 33 heavy (non-hydrogen) atoms. The number of carbonyl (C=O) groups is 2. The first kappa shape index (κ1) is 23.7. The van der Waals surface area contributed by atoms with Crippen molar-refractivity contribution in [3.63, 3.8) is 0 Å². The molecule has 2 heterocycles. The van der Waals surface area contributed by atoms with Crippen molar-refractivity contribution in [2.24, 2.45) is 11.8 Å². The number of likely N-dealkylation sites (tertiary alicyclic amines) is 1. The monoisotopic (exact) mass is 446 g/mol. The number of rotatable bonds is 7. The first-order valence-electron chi connectivity index (χ1n) is 12.7. The molecule has 0 saturated carbocycles. The van der Waals surface area contributed by atoms with Crippen molar-refractivity contribution in [1.82, 2.24) is 9.80 Å². The van der Waals surface area contributed by atoms with Crippen LogP contribution in [0.15, 0.2) is 48.5 Å². The molecule has 4 rings (SSSR count). The van der Waals surface area contributed by atoms with Crippen LogP contribution in [0.5, 0.6) is 0 Å². The van der Waals surface area contributed by atoms with Crippen LogP contribution in [0.4, 0.5) is 0 Å². The summed E-state index contributed by atoms with van der Waals surface area (Å²) >= 11 is 0. The topological polar surface area (TPSA) is 40.6 Å². The van der Waals surface area contributed by atoms with Gasteiger partial charge >= 0.3 is 0 Å². The fourth-order valence-corrected chi connectivity index (χ4v) is 5.23. The second-order valence-electron chi connectivity index (χ2n) is 10.1. The minimum absolute atomic E-state index is 0.0711. The highest BCUT2D eigenvalue weighted by Crippen LogP contribution is 2.25. The van der Waals surface area contributed by atoms with Crippen LogP contribution < -0.4 is 0 Å². The summed E-state index contributed by atoms with van der Waals surface area (Å²) in [5, 5.41) is 0. The van der Waals surface area contributed by atoms with E-state index in [1.165, 1.54) is 16.7 Å². The standard InChI is InChI=1S/C29H38N2O2/c1-22(2)29(33)31-18-12-23(13-19-31)8-11-28(32)27-10-9-25-14-16-30(17-15-26(25)20-27)21-24-6-4-3-5-7-24/h3-7,9-10,20,22-23H,8,11-19,21H2,1-2H3. The maximum absolute atomic E-state index is 13.0. The highest BCUT2D eigenvalue weighted by Gasteiger charge is 2.25. The summed E-state index contributed by atoms with van der Waals surface area (Å²) in [4.78, 5) is 29.6. The molecule has 0 N–H and O–H groups in total. The van der Waals surface area contributed by atoms with Crippen LogP contribution in [-0.2, 0) is 24.2 Å². The Morgan fingerprint density at radius 3 is 2.30 bits per heavy atom. The third-order valence-corrected chi connectivity index (χ3v) is 7.37. The third kappa shape index (κ3) is 6.32. The number of fused-ring (bicyclic) bond motifs is 1. The summed E-state index contributed by atoms with van der Waals surface area (Å²) in [7, 11) is 0. The van der Waals surface area contributed by atoms with E-state index in [-0.39, 0.29) is 17.6 Å². The van der Waals surface area contributed by atoms with Gasteiger partial charge in [0.2, 0.25) is 5.91 Å². The molecule has 0 radical (unpaired) electrons. The van der Waals surface area contributed by atoms with Gasteiger partial charge in [0.25, 0.3) is 0 Å². The van der Waals surface area contributed by atoms with Gasteiger partial charge in [-0.05, 0) is 60.8 Å². The lowest BCUT2D eigenvalue weighted by atomic mass is 9.89.